The van der Waals surface area contributed by atoms with Crippen LogP contribution in [0.3, 0.4) is 0 Å². The number of nitro groups is 1. The van der Waals surface area contributed by atoms with Crippen LogP contribution in [0, 0.1) is 16.0 Å². The molecule has 1 aromatic carbocycles. The van der Waals surface area contributed by atoms with Crippen molar-refractivity contribution >= 4 is 16.6 Å². The largest absolute Gasteiger partial charge is 0.281 e. The Labute approximate surface area is 135 Å². The number of aromatic nitrogens is 2. The van der Waals surface area contributed by atoms with Crippen LogP contribution < -0.4 is 0 Å². The molecule has 1 aliphatic heterocycles. The molecule has 2 fully saturated rings. The van der Waals surface area contributed by atoms with Gasteiger partial charge in [0.05, 0.1) is 23.3 Å². The van der Waals surface area contributed by atoms with E-state index in [1.165, 1.54) is 38.5 Å². The van der Waals surface area contributed by atoms with Gasteiger partial charge in [-0.2, -0.15) is 5.10 Å². The Bertz CT molecular complexity index is 724. The number of hydrogen-bond donors (Lipinski definition) is 0. The van der Waals surface area contributed by atoms with Gasteiger partial charge in [0.2, 0.25) is 0 Å². The van der Waals surface area contributed by atoms with Gasteiger partial charge < -0.3 is 0 Å². The first-order valence-corrected chi connectivity index (χ1v) is 8.56. The molecule has 2 aromatic rings. The molecule has 1 aromatic heterocycles. The van der Waals surface area contributed by atoms with Gasteiger partial charge in [0, 0.05) is 30.1 Å². The van der Waals surface area contributed by atoms with E-state index in [0.29, 0.717) is 6.04 Å². The number of hydrogen-bond acceptors (Lipinski definition) is 4. The normalized spacial score (nSPS) is 25.4. The zero-order chi connectivity index (χ0) is 15.8. The Morgan fingerprint density at radius 2 is 2.04 bits per heavy atom. The molecule has 2 aliphatic rings. The summed E-state index contributed by atoms with van der Waals surface area (Å²) in [6, 6.07) is 5.69. The molecule has 1 saturated carbocycles. The van der Waals surface area contributed by atoms with E-state index < -0.39 is 0 Å². The van der Waals surface area contributed by atoms with Gasteiger partial charge in [0.15, 0.2) is 0 Å². The van der Waals surface area contributed by atoms with E-state index in [1.54, 1.807) is 18.3 Å². The monoisotopic (exact) mass is 314 g/mol. The average molecular weight is 314 g/mol. The maximum atomic E-state index is 10.9. The molecule has 2 atom stereocenters. The second kappa shape index (κ2) is 5.92. The van der Waals surface area contributed by atoms with Crippen LogP contribution in [-0.2, 0) is 6.67 Å². The van der Waals surface area contributed by atoms with Crippen LogP contribution in [0.2, 0.25) is 0 Å². The van der Waals surface area contributed by atoms with Crippen molar-refractivity contribution in [3.05, 3.63) is 34.5 Å². The summed E-state index contributed by atoms with van der Waals surface area (Å²) < 4.78 is 2.00. The van der Waals surface area contributed by atoms with Gasteiger partial charge in [0.25, 0.3) is 5.69 Å². The Morgan fingerprint density at radius 3 is 2.91 bits per heavy atom. The lowest BCUT2D eigenvalue weighted by Gasteiger charge is -2.44. The number of benzene rings is 1. The summed E-state index contributed by atoms with van der Waals surface area (Å²) in [5.74, 6) is 0.848. The van der Waals surface area contributed by atoms with Crippen LogP contribution in [0.4, 0.5) is 5.69 Å². The molecule has 0 amide bonds. The number of nitrogens with zero attached hydrogens (tertiary/aromatic N) is 4. The van der Waals surface area contributed by atoms with Crippen LogP contribution in [0.5, 0.6) is 0 Å². The van der Waals surface area contributed by atoms with E-state index >= 15 is 0 Å². The van der Waals surface area contributed by atoms with Crippen LogP contribution in [0.15, 0.2) is 24.4 Å². The molecule has 0 radical (unpaired) electrons. The molecule has 0 unspecified atom stereocenters. The van der Waals surface area contributed by atoms with Crippen molar-refractivity contribution in [1.82, 2.24) is 14.7 Å². The van der Waals surface area contributed by atoms with Gasteiger partial charge in [-0.3, -0.25) is 19.7 Å². The predicted octanol–water partition coefficient (Wildman–Crippen LogP) is 3.56. The van der Waals surface area contributed by atoms with Gasteiger partial charge in [-0.05, 0) is 37.7 Å². The molecule has 0 bridgehead atoms. The number of rotatable bonds is 3. The fourth-order valence-corrected chi connectivity index (χ4v) is 4.38. The first-order chi connectivity index (χ1) is 11.2. The number of likely N-dealkylation sites (tertiary alicyclic amines) is 1. The Morgan fingerprint density at radius 1 is 1.22 bits per heavy atom. The number of nitro benzene ring substituents is 1. The molecule has 6 nitrogen and oxygen atoms in total. The first-order valence-electron chi connectivity index (χ1n) is 8.56. The van der Waals surface area contributed by atoms with Crippen molar-refractivity contribution < 1.29 is 4.92 Å². The highest BCUT2D eigenvalue weighted by molar-refractivity contribution is 5.81. The van der Waals surface area contributed by atoms with E-state index in [0.717, 1.165) is 30.0 Å². The summed E-state index contributed by atoms with van der Waals surface area (Å²) in [7, 11) is 0. The van der Waals surface area contributed by atoms with E-state index in [-0.39, 0.29) is 10.6 Å². The summed E-state index contributed by atoms with van der Waals surface area (Å²) >= 11 is 0. The maximum absolute atomic E-state index is 10.9. The highest BCUT2D eigenvalue weighted by atomic mass is 16.6. The molecule has 1 aliphatic carbocycles. The third-order valence-electron chi connectivity index (χ3n) is 5.51. The molecular weight excluding hydrogens is 292 g/mol. The lowest BCUT2D eigenvalue weighted by Crippen LogP contribution is -2.47. The fraction of sp³-hybridized carbons (Fsp3) is 0.588. The second-order valence-electron chi connectivity index (χ2n) is 6.85. The third kappa shape index (κ3) is 2.72. The van der Waals surface area contributed by atoms with Gasteiger partial charge in [-0.15, -0.1) is 0 Å². The van der Waals surface area contributed by atoms with E-state index in [1.807, 2.05) is 10.7 Å². The van der Waals surface area contributed by atoms with Crippen molar-refractivity contribution in [2.75, 3.05) is 6.54 Å². The molecule has 122 valence electrons. The van der Waals surface area contributed by atoms with Crippen molar-refractivity contribution in [2.24, 2.45) is 5.92 Å². The Balaban J connectivity index is 1.58. The lowest BCUT2D eigenvalue weighted by atomic mass is 9.78. The summed E-state index contributed by atoms with van der Waals surface area (Å²) in [5.41, 5.74) is 1.11. The lowest BCUT2D eigenvalue weighted by molar-refractivity contribution is -0.384. The van der Waals surface area contributed by atoms with E-state index in [9.17, 15) is 10.1 Å². The summed E-state index contributed by atoms with van der Waals surface area (Å²) in [6.07, 6.45) is 9.76. The Hall–Kier alpha value is -1.95. The minimum atomic E-state index is -0.353. The zero-order valence-corrected chi connectivity index (χ0v) is 13.2. The SMILES string of the molecule is O=[N+]([O-])c1ccc2c(cnn2CN2CCC[C@@H]3CCCC[C@H]32)c1. The predicted molar refractivity (Wildman–Crippen MR) is 88.1 cm³/mol. The van der Waals surface area contributed by atoms with Crippen molar-refractivity contribution in [1.29, 1.82) is 0 Å². The first kappa shape index (κ1) is 14.6. The van der Waals surface area contributed by atoms with Gasteiger partial charge in [-0.25, -0.2) is 0 Å². The third-order valence-corrected chi connectivity index (χ3v) is 5.51. The molecule has 2 heterocycles. The molecule has 0 N–H and O–H groups in total. The van der Waals surface area contributed by atoms with Crippen LogP contribution in [0.25, 0.3) is 10.9 Å². The maximum Gasteiger partial charge on any atom is 0.270 e. The quantitative estimate of drug-likeness (QED) is 0.642. The molecular formula is C17H22N4O2. The minimum Gasteiger partial charge on any atom is -0.281 e. The van der Waals surface area contributed by atoms with Crippen molar-refractivity contribution in [2.45, 2.75) is 51.2 Å². The van der Waals surface area contributed by atoms with Gasteiger partial charge in [-0.1, -0.05) is 12.8 Å². The number of fused-ring (bicyclic) bond motifs is 2. The zero-order valence-electron chi connectivity index (χ0n) is 13.2. The Kier molecular flexibility index (Phi) is 3.77. The highest BCUT2D eigenvalue weighted by Crippen LogP contribution is 2.35. The van der Waals surface area contributed by atoms with E-state index in [4.69, 9.17) is 0 Å². The summed E-state index contributed by atoms with van der Waals surface area (Å²) in [5, 5.41) is 16.2. The average Bonchev–Trinajstić information content (AvgIpc) is 2.97. The topological polar surface area (TPSA) is 64.2 Å². The fourth-order valence-electron chi connectivity index (χ4n) is 4.38. The molecule has 23 heavy (non-hydrogen) atoms. The van der Waals surface area contributed by atoms with Crippen molar-refractivity contribution in [3.63, 3.8) is 0 Å². The van der Waals surface area contributed by atoms with Crippen LogP contribution in [0.1, 0.15) is 38.5 Å². The van der Waals surface area contributed by atoms with Gasteiger partial charge in [0.1, 0.15) is 0 Å². The molecule has 0 spiro atoms. The second-order valence-corrected chi connectivity index (χ2v) is 6.85. The minimum absolute atomic E-state index is 0.127. The smallest absolute Gasteiger partial charge is 0.270 e. The number of piperidine rings is 1. The molecule has 1 saturated heterocycles. The number of non-ortho nitro benzene ring substituents is 1. The summed E-state index contributed by atoms with van der Waals surface area (Å²) in [4.78, 5) is 13.1. The van der Waals surface area contributed by atoms with E-state index in [2.05, 4.69) is 10.00 Å². The molecule has 6 heteroatoms. The molecule has 4 rings (SSSR count). The summed E-state index contributed by atoms with van der Waals surface area (Å²) in [6.45, 7) is 1.93. The standard InChI is InChI=1S/C17H22N4O2/c22-21(23)15-7-8-17-14(10-15)11-18-20(17)12-19-9-3-5-13-4-1-2-6-16(13)19/h7-8,10-11,13,16H,1-6,9,12H2/t13-,16+/m0/s1. The van der Waals surface area contributed by atoms with Crippen molar-refractivity contribution in [3.8, 4) is 0 Å². The van der Waals surface area contributed by atoms with Crippen LogP contribution >= 0.6 is 0 Å². The van der Waals surface area contributed by atoms with Crippen LogP contribution in [-0.4, -0.2) is 32.2 Å². The van der Waals surface area contributed by atoms with Gasteiger partial charge >= 0.3 is 0 Å². The highest BCUT2D eigenvalue weighted by Gasteiger charge is 2.33.